The van der Waals surface area contributed by atoms with Crippen LogP contribution in [0, 0.1) is 5.92 Å². The summed E-state index contributed by atoms with van der Waals surface area (Å²) in [5, 5.41) is 4.35. The molecular formula is C12H22BrNOS. The third-order valence-electron chi connectivity index (χ3n) is 3.02. The van der Waals surface area contributed by atoms with Gasteiger partial charge in [0.2, 0.25) is 5.91 Å². The number of hydrogen-bond donors (Lipinski definition) is 1. The van der Waals surface area contributed by atoms with E-state index in [0.29, 0.717) is 12.0 Å². The molecule has 0 aromatic rings. The molecular weight excluding hydrogens is 286 g/mol. The number of hydrogen-bond acceptors (Lipinski definition) is 2. The van der Waals surface area contributed by atoms with Crippen molar-refractivity contribution in [1.29, 1.82) is 0 Å². The Kier molecular flexibility index (Phi) is 6.81. The van der Waals surface area contributed by atoms with Crippen LogP contribution in [0.1, 0.15) is 39.5 Å². The van der Waals surface area contributed by atoms with Crippen molar-refractivity contribution in [2.75, 3.05) is 11.1 Å². The summed E-state index contributed by atoms with van der Waals surface area (Å²) < 4.78 is 0. The first-order valence-corrected chi connectivity index (χ1v) is 8.30. The summed E-state index contributed by atoms with van der Waals surface area (Å²) in [6, 6.07) is 0.314. The van der Waals surface area contributed by atoms with Gasteiger partial charge < -0.3 is 5.32 Å². The molecule has 0 bridgehead atoms. The minimum Gasteiger partial charge on any atom is -0.352 e. The van der Waals surface area contributed by atoms with E-state index in [9.17, 15) is 4.79 Å². The molecule has 94 valence electrons. The molecule has 1 amide bonds. The Hall–Kier alpha value is 0.300. The first-order chi connectivity index (χ1) is 7.65. The number of nitrogens with one attached hydrogen (secondary N) is 1. The van der Waals surface area contributed by atoms with E-state index in [0.717, 1.165) is 23.9 Å². The fraction of sp³-hybridized carbons (Fsp3) is 0.917. The molecule has 0 aromatic carbocycles. The largest absolute Gasteiger partial charge is 0.352 e. The second-order valence-electron chi connectivity index (χ2n) is 4.69. The summed E-state index contributed by atoms with van der Waals surface area (Å²) in [5.74, 6) is 1.91. The van der Waals surface area contributed by atoms with Gasteiger partial charge in [-0.3, -0.25) is 4.79 Å². The third kappa shape index (κ3) is 4.66. The van der Waals surface area contributed by atoms with Crippen LogP contribution in [-0.4, -0.2) is 28.3 Å². The minimum absolute atomic E-state index is 0.199. The zero-order valence-corrected chi connectivity index (χ0v) is 12.6. The third-order valence-corrected chi connectivity index (χ3v) is 4.86. The van der Waals surface area contributed by atoms with E-state index in [2.05, 4.69) is 35.1 Å². The molecule has 1 N–H and O–H groups in total. The molecule has 1 fully saturated rings. The Bertz CT molecular complexity index is 217. The SMILES string of the molecule is CC(C)C(CCBr)NC(=O)C1CCCCS1. The van der Waals surface area contributed by atoms with E-state index in [1.165, 1.54) is 12.8 Å². The predicted molar refractivity (Wildman–Crippen MR) is 75.3 cm³/mol. The maximum atomic E-state index is 12.0. The fourth-order valence-corrected chi connectivity index (χ4v) is 3.61. The molecule has 1 aliphatic rings. The second kappa shape index (κ2) is 7.59. The van der Waals surface area contributed by atoms with Gasteiger partial charge in [0, 0.05) is 11.4 Å². The van der Waals surface area contributed by atoms with Crippen LogP contribution in [0.5, 0.6) is 0 Å². The van der Waals surface area contributed by atoms with Gasteiger partial charge in [-0.05, 0) is 30.9 Å². The van der Waals surface area contributed by atoms with Gasteiger partial charge in [-0.2, -0.15) is 0 Å². The van der Waals surface area contributed by atoms with E-state index in [-0.39, 0.29) is 11.2 Å². The maximum Gasteiger partial charge on any atom is 0.233 e. The van der Waals surface area contributed by atoms with Gasteiger partial charge in [0.15, 0.2) is 0 Å². The van der Waals surface area contributed by atoms with Crippen molar-refractivity contribution in [1.82, 2.24) is 5.32 Å². The van der Waals surface area contributed by atoms with Gasteiger partial charge in [-0.15, -0.1) is 11.8 Å². The first-order valence-electron chi connectivity index (χ1n) is 6.13. The zero-order chi connectivity index (χ0) is 12.0. The summed E-state index contributed by atoms with van der Waals surface area (Å²) >= 11 is 5.27. The summed E-state index contributed by atoms with van der Waals surface area (Å²) in [6.45, 7) is 4.34. The second-order valence-corrected chi connectivity index (χ2v) is 6.80. The van der Waals surface area contributed by atoms with Gasteiger partial charge in [0.05, 0.1) is 5.25 Å². The summed E-state index contributed by atoms with van der Waals surface area (Å²) in [5.41, 5.74) is 0. The van der Waals surface area contributed by atoms with Crippen LogP contribution in [0.2, 0.25) is 0 Å². The highest BCUT2D eigenvalue weighted by Gasteiger charge is 2.24. The van der Waals surface area contributed by atoms with Crippen molar-refractivity contribution in [3.8, 4) is 0 Å². The van der Waals surface area contributed by atoms with E-state index in [1.807, 2.05) is 11.8 Å². The molecule has 0 spiro atoms. The highest BCUT2D eigenvalue weighted by atomic mass is 79.9. The molecule has 0 radical (unpaired) electrons. The molecule has 1 heterocycles. The van der Waals surface area contributed by atoms with Crippen molar-refractivity contribution < 1.29 is 4.79 Å². The first kappa shape index (κ1) is 14.4. The molecule has 0 aliphatic carbocycles. The highest BCUT2D eigenvalue weighted by molar-refractivity contribution is 9.09. The maximum absolute atomic E-state index is 12.0. The van der Waals surface area contributed by atoms with Crippen LogP contribution < -0.4 is 5.32 Å². The average molecular weight is 308 g/mol. The van der Waals surface area contributed by atoms with Crippen LogP contribution in [0.15, 0.2) is 0 Å². The highest BCUT2D eigenvalue weighted by Crippen LogP contribution is 2.25. The van der Waals surface area contributed by atoms with Gasteiger partial charge in [0.25, 0.3) is 0 Å². The summed E-state index contributed by atoms with van der Waals surface area (Å²) in [4.78, 5) is 12.0. The van der Waals surface area contributed by atoms with Crippen LogP contribution in [0.4, 0.5) is 0 Å². The van der Waals surface area contributed by atoms with Crippen molar-refractivity contribution in [3.05, 3.63) is 0 Å². The summed E-state index contributed by atoms with van der Waals surface area (Å²) in [7, 11) is 0. The van der Waals surface area contributed by atoms with Crippen LogP contribution in [0.25, 0.3) is 0 Å². The molecule has 0 saturated carbocycles. The van der Waals surface area contributed by atoms with Gasteiger partial charge in [0.1, 0.15) is 0 Å². The topological polar surface area (TPSA) is 29.1 Å². The van der Waals surface area contributed by atoms with Gasteiger partial charge >= 0.3 is 0 Å². The number of thioether (sulfide) groups is 1. The Balaban J connectivity index is 2.40. The van der Waals surface area contributed by atoms with E-state index in [1.54, 1.807) is 0 Å². The number of rotatable bonds is 5. The quantitative estimate of drug-likeness (QED) is 0.790. The molecule has 2 unspecified atom stereocenters. The molecule has 0 aromatic heterocycles. The zero-order valence-electron chi connectivity index (χ0n) is 10.2. The predicted octanol–water partition coefficient (Wildman–Crippen LogP) is 3.20. The van der Waals surface area contributed by atoms with E-state index < -0.39 is 0 Å². The molecule has 4 heteroatoms. The summed E-state index contributed by atoms with van der Waals surface area (Å²) in [6.07, 6.45) is 4.54. The molecule has 16 heavy (non-hydrogen) atoms. The van der Waals surface area contributed by atoms with E-state index in [4.69, 9.17) is 0 Å². The van der Waals surface area contributed by atoms with Crippen LogP contribution in [-0.2, 0) is 4.79 Å². The minimum atomic E-state index is 0.199. The molecule has 1 aliphatic heterocycles. The average Bonchev–Trinajstić information content (AvgIpc) is 2.29. The van der Waals surface area contributed by atoms with Crippen LogP contribution >= 0.6 is 27.7 Å². The molecule has 1 saturated heterocycles. The van der Waals surface area contributed by atoms with Gasteiger partial charge in [-0.25, -0.2) is 0 Å². The molecule has 1 rings (SSSR count). The molecule has 2 nitrogen and oxygen atoms in total. The lowest BCUT2D eigenvalue weighted by atomic mass is 10.0. The number of carbonyl (C=O) groups excluding carboxylic acids is 1. The smallest absolute Gasteiger partial charge is 0.233 e. The van der Waals surface area contributed by atoms with Crippen molar-refractivity contribution >= 4 is 33.6 Å². The fourth-order valence-electron chi connectivity index (χ4n) is 1.91. The number of amides is 1. The Morgan fingerprint density at radius 2 is 2.25 bits per heavy atom. The van der Waals surface area contributed by atoms with Crippen molar-refractivity contribution in [2.24, 2.45) is 5.92 Å². The van der Waals surface area contributed by atoms with Crippen LogP contribution in [0.3, 0.4) is 0 Å². The van der Waals surface area contributed by atoms with Crippen molar-refractivity contribution in [2.45, 2.75) is 50.8 Å². The lowest BCUT2D eigenvalue weighted by Gasteiger charge is -2.26. The normalized spacial score (nSPS) is 23.1. The number of halogens is 1. The number of alkyl halides is 1. The Labute approximate surface area is 111 Å². The Morgan fingerprint density at radius 1 is 1.50 bits per heavy atom. The monoisotopic (exact) mass is 307 g/mol. The molecule has 2 atom stereocenters. The van der Waals surface area contributed by atoms with E-state index >= 15 is 0 Å². The lowest BCUT2D eigenvalue weighted by molar-refractivity contribution is -0.121. The van der Waals surface area contributed by atoms with Crippen molar-refractivity contribution in [3.63, 3.8) is 0 Å². The Morgan fingerprint density at radius 3 is 2.75 bits per heavy atom. The standard InChI is InChI=1S/C12H22BrNOS/c1-9(2)10(6-7-13)14-12(15)11-5-3-4-8-16-11/h9-11H,3-8H2,1-2H3,(H,14,15). The lowest BCUT2D eigenvalue weighted by Crippen LogP contribution is -2.43. The van der Waals surface area contributed by atoms with Gasteiger partial charge in [-0.1, -0.05) is 36.2 Å². The number of carbonyl (C=O) groups is 1.